The standard InChI is InChI=1S/C13H21NO4/c1-12(2,3)18-11(17)14-8-9-5-4-6-13(14,7-9)10(15)16/h9H,4-8H2,1-3H3,(H,15,16)/t9-,13+/m1/s1. The molecule has 1 saturated heterocycles. The number of ether oxygens (including phenoxy) is 1. The topological polar surface area (TPSA) is 66.8 Å². The van der Waals surface area contributed by atoms with Gasteiger partial charge in [-0.1, -0.05) is 6.42 Å². The summed E-state index contributed by atoms with van der Waals surface area (Å²) in [5.74, 6) is -0.585. The van der Waals surface area contributed by atoms with Crippen molar-refractivity contribution in [2.24, 2.45) is 5.92 Å². The predicted molar refractivity (Wildman–Crippen MR) is 65.3 cm³/mol. The number of rotatable bonds is 1. The number of carbonyl (C=O) groups is 2. The number of aliphatic carboxylic acids is 1. The van der Waals surface area contributed by atoms with Crippen molar-refractivity contribution in [2.75, 3.05) is 6.54 Å². The molecule has 0 aromatic rings. The molecule has 102 valence electrons. The summed E-state index contributed by atoms with van der Waals surface area (Å²) in [7, 11) is 0. The summed E-state index contributed by atoms with van der Waals surface area (Å²) in [6.45, 7) is 5.89. The molecule has 2 fully saturated rings. The van der Waals surface area contributed by atoms with E-state index in [-0.39, 0.29) is 0 Å². The lowest BCUT2D eigenvalue weighted by Gasteiger charge is -2.36. The molecule has 2 atom stereocenters. The van der Waals surface area contributed by atoms with E-state index in [2.05, 4.69) is 0 Å². The van der Waals surface area contributed by atoms with Crippen LogP contribution in [0.3, 0.4) is 0 Å². The molecule has 2 bridgehead atoms. The molecule has 0 spiro atoms. The van der Waals surface area contributed by atoms with Gasteiger partial charge in [0, 0.05) is 6.54 Å². The first-order valence-corrected chi connectivity index (χ1v) is 6.49. The number of amides is 1. The van der Waals surface area contributed by atoms with Crippen LogP contribution in [0.25, 0.3) is 0 Å². The van der Waals surface area contributed by atoms with Gasteiger partial charge in [0.15, 0.2) is 0 Å². The molecule has 0 unspecified atom stereocenters. The van der Waals surface area contributed by atoms with Crippen molar-refractivity contribution in [3.05, 3.63) is 0 Å². The molecule has 2 aliphatic rings. The first kappa shape index (κ1) is 13.2. The molecule has 1 heterocycles. The van der Waals surface area contributed by atoms with Crippen molar-refractivity contribution in [2.45, 2.75) is 57.6 Å². The maximum atomic E-state index is 12.2. The van der Waals surface area contributed by atoms with Crippen LogP contribution in [0.4, 0.5) is 4.79 Å². The summed E-state index contributed by atoms with van der Waals surface area (Å²) in [4.78, 5) is 25.2. The van der Waals surface area contributed by atoms with Crippen LogP contribution in [0.1, 0.15) is 46.5 Å². The molecule has 1 saturated carbocycles. The van der Waals surface area contributed by atoms with Crippen molar-refractivity contribution < 1.29 is 19.4 Å². The minimum Gasteiger partial charge on any atom is -0.479 e. The summed E-state index contributed by atoms with van der Waals surface area (Å²) in [5.41, 5.74) is -1.61. The Labute approximate surface area is 107 Å². The van der Waals surface area contributed by atoms with Crippen molar-refractivity contribution in [3.8, 4) is 0 Å². The number of fused-ring (bicyclic) bond motifs is 2. The SMILES string of the molecule is CC(C)(C)OC(=O)N1C[C@@H]2CCC[C@@]1(C(=O)O)C2. The van der Waals surface area contributed by atoms with E-state index in [1.807, 2.05) is 0 Å². The number of likely N-dealkylation sites (tertiary alicyclic amines) is 1. The summed E-state index contributed by atoms with van der Waals surface area (Å²) in [6.07, 6.45) is 2.50. The summed E-state index contributed by atoms with van der Waals surface area (Å²) in [6, 6.07) is 0. The molecule has 18 heavy (non-hydrogen) atoms. The molecule has 5 heteroatoms. The Morgan fingerprint density at radius 2 is 2.06 bits per heavy atom. The fourth-order valence-electron chi connectivity index (χ4n) is 3.07. The molecule has 5 nitrogen and oxygen atoms in total. The Kier molecular flexibility index (Phi) is 3.03. The van der Waals surface area contributed by atoms with Crippen LogP contribution < -0.4 is 0 Å². The Morgan fingerprint density at radius 1 is 1.39 bits per heavy atom. The molecular formula is C13H21NO4. The van der Waals surface area contributed by atoms with Gasteiger partial charge in [0.25, 0.3) is 0 Å². The lowest BCUT2D eigenvalue weighted by atomic mass is 9.80. The highest BCUT2D eigenvalue weighted by Gasteiger charge is 2.56. The fraction of sp³-hybridized carbons (Fsp3) is 0.846. The van der Waals surface area contributed by atoms with Crippen LogP contribution in [0.15, 0.2) is 0 Å². The highest BCUT2D eigenvalue weighted by molar-refractivity contribution is 5.85. The highest BCUT2D eigenvalue weighted by atomic mass is 16.6. The van der Waals surface area contributed by atoms with E-state index in [1.54, 1.807) is 20.8 Å². The van der Waals surface area contributed by atoms with Crippen LogP contribution in [-0.4, -0.2) is 39.8 Å². The van der Waals surface area contributed by atoms with Gasteiger partial charge in [-0.05, 0) is 46.0 Å². The quantitative estimate of drug-likeness (QED) is 0.780. The van der Waals surface area contributed by atoms with Crippen molar-refractivity contribution in [3.63, 3.8) is 0 Å². The maximum absolute atomic E-state index is 12.2. The fourth-order valence-corrected chi connectivity index (χ4v) is 3.07. The second-order valence-corrected chi connectivity index (χ2v) is 6.39. The third-order valence-electron chi connectivity index (χ3n) is 3.80. The highest BCUT2D eigenvalue weighted by Crippen LogP contribution is 2.44. The monoisotopic (exact) mass is 255 g/mol. The summed E-state index contributed by atoms with van der Waals surface area (Å²) >= 11 is 0. The lowest BCUT2D eigenvalue weighted by Crippen LogP contribution is -2.54. The van der Waals surface area contributed by atoms with Crippen LogP contribution in [0.2, 0.25) is 0 Å². The van der Waals surface area contributed by atoms with Crippen molar-refractivity contribution in [1.82, 2.24) is 4.90 Å². The average Bonchev–Trinajstić information content (AvgIpc) is 2.49. The van der Waals surface area contributed by atoms with E-state index in [4.69, 9.17) is 4.74 Å². The van der Waals surface area contributed by atoms with Gasteiger partial charge >= 0.3 is 12.1 Å². The normalized spacial score (nSPS) is 31.3. The first-order chi connectivity index (χ1) is 8.24. The van der Waals surface area contributed by atoms with Crippen molar-refractivity contribution >= 4 is 12.1 Å². The summed E-state index contributed by atoms with van der Waals surface area (Å²) in [5, 5.41) is 9.48. The third kappa shape index (κ3) is 2.18. The zero-order valence-corrected chi connectivity index (χ0v) is 11.2. The van der Waals surface area contributed by atoms with Crippen molar-refractivity contribution in [1.29, 1.82) is 0 Å². The van der Waals surface area contributed by atoms with Gasteiger partial charge in [0.2, 0.25) is 0 Å². The van der Waals surface area contributed by atoms with E-state index in [0.717, 1.165) is 12.8 Å². The van der Waals surface area contributed by atoms with E-state index in [1.165, 1.54) is 4.90 Å². The molecule has 0 aromatic heterocycles. The Hall–Kier alpha value is -1.26. The van der Waals surface area contributed by atoms with Crippen LogP contribution in [0, 0.1) is 5.92 Å². The van der Waals surface area contributed by atoms with Gasteiger partial charge in [0.05, 0.1) is 0 Å². The molecular weight excluding hydrogens is 234 g/mol. The smallest absolute Gasteiger partial charge is 0.411 e. The second kappa shape index (κ2) is 4.14. The van der Waals surface area contributed by atoms with E-state index in [9.17, 15) is 14.7 Å². The van der Waals surface area contributed by atoms with E-state index in [0.29, 0.717) is 25.3 Å². The third-order valence-corrected chi connectivity index (χ3v) is 3.80. The van der Waals surface area contributed by atoms with Gasteiger partial charge in [-0.15, -0.1) is 0 Å². The Bertz CT molecular complexity index is 374. The Morgan fingerprint density at radius 3 is 2.61 bits per heavy atom. The van der Waals surface area contributed by atoms with Crippen LogP contribution in [-0.2, 0) is 9.53 Å². The zero-order chi connectivity index (χ0) is 13.6. The van der Waals surface area contributed by atoms with Gasteiger partial charge < -0.3 is 9.84 Å². The number of carbonyl (C=O) groups excluding carboxylic acids is 1. The lowest BCUT2D eigenvalue weighted by molar-refractivity contribution is -0.150. The van der Waals surface area contributed by atoms with Crippen LogP contribution >= 0.6 is 0 Å². The zero-order valence-electron chi connectivity index (χ0n) is 11.2. The molecule has 1 aliphatic heterocycles. The molecule has 1 aliphatic carbocycles. The Balaban J connectivity index is 2.21. The first-order valence-electron chi connectivity index (χ1n) is 6.49. The van der Waals surface area contributed by atoms with Gasteiger partial charge in [0.1, 0.15) is 11.1 Å². The molecule has 1 amide bonds. The van der Waals surface area contributed by atoms with Gasteiger partial charge in [-0.2, -0.15) is 0 Å². The van der Waals surface area contributed by atoms with E-state index >= 15 is 0 Å². The number of hydrogen-bond acceptors (Lipinski definition) is 3. The van der Waals surface area contributed by atoms with Gasteiger partial charge in [-0.3, -0.25) is 4.90 Å². The predicted octanol–water partition coefficient (Wildman–Crippen LogP) is 2.25. The molecule has 0 aromatic carbocycles. The molecule has 1 N–H and O–H groups in total. The second-order valence-electron chi connectivity index (χ2n) is 6.39. The summed E-state index contributed by atoms with van der Waals surface area (Å²) < 4.78 is 5.33. The molecule has 2 rings (SSSR count). The van der Waals surface area contributed by atoms with Crippen LogP contribution in [0.5, 0.6) is 0 Å². The minimum absolute atomic E-state index is 0.308. The van der Waals surface area contributed by atoms with E-state index < -0.39 is 23.2 Å². The average molecular weight is 255 g/mol. The molecule has 0 radical (unpaired) electrons. The minimum atomic E-state index is -1.02. The number of carboxylic acids is 1. The number of carboxylic acid groups (broad SMARTS) is 1. The largest absolute Gasteiger partial charge is 0.479 e. The van der Waals surface area contributed by atoms with Gasteiger partial charge in [-0.25, -0.2) is 9.59 Å². The number of nitrogens with zero attached hydrogens (tertiary/aromatic N) is 1. The number of hydrogen-bond donors (Lipinski definition) is 1. The maximum Gasteiger partial charge on any atom is 0.411 e.